The summed E-state index contributed by atoms with van der Waals surface area (Å²) < 4.78 is 0. The monoisotopic (exact) mass is 245 g/mol. The number of thioether (sulfide) groups is 1. The molecule has 0 bridgehead atoms. The third kappa shape index (κ3) is 8.53. The first-order valence-corrected chi connectivity index (χ1v) is 6.11. The molecule has 0 aliphatic heterocycles. The summed E-state index contributed by atoms with van der Waals surface area (Å²) in [6.07, 6.45) is 0. The molecule has 0 aliphatic carbocycles. The van der Waals surface area contributed by atoms with E-state index in [-0.39, 0.29) is 18.2 Å². The predicted octanol–water partition coefficient (Wildman–Crippen LogP) is -0.328. The van der Waals surface area contributed by atoms with Crippen LogP contribution in [0, 0.1) is 11.3 Å². The fourth-order valence-corrected chi connectivity index (χ4v) is 1.75. The van der Waals surface area contributed by atoms with Crippen molar-refractivity contribution in [1.82, 2.24) is 10.2 Å². The minimum absolute atomic E-state index is 0.153. The number of carbonyl (C=O) groups is 1. The van der Waals surface area contributed by atoms with Crippen LogP contribution in [0.2, 0.25) is 0 Å². The Bertz CT molecular complexity index is 261. The number of rotatable bonds is 7. The summed E-state index contributed by atoms with van der Waals surface area (Å²) in [5.41, 5.74) is -0.931. The van der Waals surface area contributed by atoms with Gasteiger partial charge < -0.3 is 15.3 Å². The molecule has 0 spiro atoms. The lowest BCUT2D eigenvalue weighted by atomic mass is 10.1. The first-order valence-electron chi connectivity index (χ1n) is 4.96. The largest absolute Gasteiger partial charge is 0.387 e. The van der Waals surface area contributed by atoms with Crippen LogP contribution in [0.25, 0.3) is 0 Å². The summed E-state index contributed by atoms with van der Waals surface area (Å²) in [5, 5.41) is 20.8. The predicted molar refractivity (Wildman–Crippen MR) is 65.1 cm³/mol. The molecule has 0 aromatic rings. The number of amides is 1. The van der Waals surface area contributed by atoms with Crippen molar-refractivity contribution in [2.24, 2.45) is 0 Å². The Morgan fingerprint density at radius 1 is 1.62 bits per heavy atom. The van der Waals surface area contributed by atoms with E-state index in [1.54, 1.807) is 6.92 Å². The maximum atomic E-state index is 11.3. The molecule has 1 amide bonds. The topological polar surface area (TPSA) is 76.4 Å². The summed E-state index contributed by atoms with van der Waals surface area (Å²) in [6, 6.07) is 1.95. The van der Waals surface area contributed by atoms with Crippen molar-refractivity contribution in [2.75, 3.05) is 38.7 Å². The summed E-state index contributed by atoms with van der Waals surface area (Å²) in [7, 11) is 3.72. The van der Waals surface area contributed by atoms with Gasteiger partial charge in [-0.15, -0.1) is 11.8 Å². The zero-order chi connectivity index (χ0) is 12.6. The number of nitrogens with one attached hydrogen (secondary N) is 1. The zero-order valence-electron chi connectivity index (χ0n) is 9.99. The summed E-state index contributed by atoms with van der Waals surface area (Å²) >= 11 is 1.26. The Kier molecular flexibility index (Phi) is 7.13. The summed E-state index contributed by atoms with van der Waals surface area (Å²) in [5.74, 6) is 0.409. The SMILES string of the molecule is CN(C)CC(C)(O)CNC(=O)CSCC#N. The molecule has 0 radical (unpaired) electrons. The van der Waals surface area contributed by atoms with E-state index in [9.17, 15) is 9.90 Å². The Morgan fingerprint density at radius 3 is 2.75 bits per heavy atom. The van der Waals surface area contributed by atoms with Crippen molar-refractivity contribution in [3.8, 4) is 6.07 Å². The van der Waals surface area contributed by atoms with Crippen LogP contribution in [0.1, 0.15) is 6.92 Å². The van der Waals surface area contributed by atoms with E-state index in [0.29, 0.717) is 12.3 Å². The van der Waals surface area contributed by atoms with Crippen LogP contribution >= 0.6 is 11.8 Å². The number of hydrogen-bond donors (Lipinski definition) is 2. The van der Waals surface area contributed by atoms with Gasteiger partial charge in [-0.25, -0.2) is 0 Å². The molecular weight excluding hydrogens is 226 g/mol. The van der Waals surface area contributed by atoms with Gasteiger partial charge in [0.15, 0.2) is 0 Å². The van der Waals surface area contributed by atoms with E-state index in [0.717, 1.165) is 0 Å². The average molecular weight is 245 g/mol. The van der Waals surface area contributed by atoms with E-state index in [1.807, 2.05) is 25.1 Å². The number of nitrogens with zero attached hydrogens (tertiary/aromatic N) is 2. The summed E-state index contributed by atoms with van der Waals surface area (Å²) in [4.78, 5) is 13.1. The van der Waals surface area contributed by atoms with Crippen LogP contribution in [0.4, 0.5) is 0 Å². The van der Waals surface area contributed by atoms with Gasteiger partial charge in [-0.05, 0) is 21.0 Å². The number of carbonyl (C=O) groups excluding carboxylic acids is 1. The molecule has 0 aromatic carbocycles. The lowest BCUT2D eigenvalue weighted by Gasteiger charge is -2.27. The van der Waals surface area contributed by atoms with Gasteiger partial charge in [0, 0.05) is 13.1 Å². The molecular formula is C10H19N3O2S. The molecule has 2 N–H and O–H groups in total. The van der Waals surface area contributed by atoms with Gasteiger partial charge >= 0.3 is 0 Å². The van der Waals surface area contributed by atoms with Crippen molar-refractivity contribution in [2.45, 2.75) is 12.5 Å². The molecule has 1 atom stereocenters. The Hall–Kier alpha value is -0.770. The molecule has 92 valence electrons. The number of nitriles is 1. The molecule has 0 saturated heterocycles. The number of hydrogen-bond acceptors (Lipinski definition) is 5. The smallest absolute Gasteiger partial charge is 0.230 e. The highest BCUT2D eigenvalue weighted by atomic mass is 32.2. The third-order valence-electron chi connectivity index (χ3n) is 1.72. The maximum absolute atomic E-state index is 11.3. The van der Waals surface area contributed by atoms with Crippen molar-refractivity contribution in [1.29, 1.82) is 5.26 Å². The van der Waals surface area contributed by atoms with Crippen molar-refractivity contribution in [3.63, 3.8) is 0 Å². The second-order valence-electron chi connectivity index (χ2n) is 4.16. The van der Waals surface area contributed by atoms with Gasteiger partial charge in [-0.1, -0.05) is 0 Å². The minimum Gasteiger partial charge on any atom is -0.387 e. The van der Waals surface area contributed by atoms with Gasteiger partial charge in [0.25, 0.3) is 0 Å². The highest BCUT2D eigenvalue weighted by Crippen LogP contribution is 2.03. The first kappa shape index (κ1) is 15.2. The molecule has 0 aliphatic rings. The van der Waals surface area contributed by atoms with E-state index in [1.165, 1.54) is 11.8 Å². The Morgan fingerprint density at radius 2 is 2.25 bits per heavy atom. The van der Waals surface area contributed by atoms with E-state index in [2.05, 4.69) is 5.32 Å². The molecule has 0 saturated carbocycles. The lowest BCUT2D eigenvalue weighted by Crippen LogP contribution is -2.47. The normalized spacial score (nSPS) is 14.2. The molecule has 5 nitrogen and oxygen atoms in total. The van der Waals surface area contributed by atoms with Crippen molar-refractivity contribution < 1.29 is 9.90 Å². The minimum atomic E-state index is -0.931. The molecule has 0 rings (SSSR count). The molecule has 1 unspecified atom stereocenters. The second kappa shape index (κ2) is 7.49. The fourth-order valence-electron chi connectivity index (χ4n) is 1.27. The highest BCUT2D eigenvalue weighted by Gasteiger charge is 2.21. The molecule has 6 heteroatoms. The van der Waals surface area contributed by atoms with Crippen molar-refractivity contribution >= 4 is 17.7 Å². The molecule has 0 aromatic heterocycles. The van der Waals surface area contributed by atoms with E-state index in [4.69, 9.17) is 5.26 Å². The van der Waals surface area contributed by atoms with E-state index < -0.39 is 5.60 Å². The first-order chi connectivity index (χ1) is 7.37. The van der Waals surface area contributed by atoms with Crippen LogP contribution in [0.5, 0.6) is 0 Å². The van der Waals surface area contributed by atoms with Gasteiger partial charge in [0.05, 0.1) is 23.2 Å². The quantitative estimate of drug-likeness (QED) is 0.601. The number of aliphatic hydroxyl groups is 1. The lowest BCUT2D eigenvalue weighted by molar-refractivity contribution is -0.119. The highest BCUT2D eigenvalue weighted by molar-refractivity contribution is 8.00. The Balaban J connectivity index is 3.78. The van der Waals surface area contributed by atoms with Crippen LogP contribution in [-0.2, 0) is 4.79 Å². The van der Waals surface area contributed by atoms with Gasteiger partial charge in [0.1, 0.15) is 0 Å². The van der Waals surface area contributed by atoms with Crippen LogP contribution in [0.15, 0.2) is 0 Å². The van der Waals surface area contributed by atoms with Crippen LogP contribution in [0.3, 0.4) is 0 Å². The average Bonchev–Trinajstić information content (AvgIpc) is 2.13. The molecule has 0 heterocycles. The maximum Gasteiger partial charge on any atom is 0.230 e. The van der Waals surface area contributed by atoms with Crippen LogP contribution in [-0.4, -0.2) is 60.2 Å². The third-order valence-corrected chi connectivity index (χ3v) is 2.52. The standard InChI is InChI=1S/C10H19N3O2S/c1-10(15,8-13(2)3)7-12-9(14)6-16-5-4-11/h15H,5-8H2,1-3H3,(H,12,14). The van der Waals surface area contributed by atoms with Gasteiger partial charge in [0.2, 0.25) is 5.91 Å². The van der Waals surface area contributed by atoms with E-state index >= 15 is 0 Å². The molecule has 16 heavy (non-hydrogen) atoms. The molecule has 0 fully saturated rings. The Labute approximate surface area is 101 Å². The van der Waals surface area contributed by atoms with Gasteiger partial charge in [-0.2, -0.15) is 5.26 Å². The van der Waals surface area contributed by atoms with Gasteiger partial charge in [-0.3, -0.25) is 4.79 Å². The summed E-state index contributed by atoms with van der Waals surface area (Å²) in [6.45, 7) is 2.38. The fraction of sp³-hybridized carbons (Fsp3) is 0.800. The van der Waals surface area contributed by atoms with Crippen molar-refractivity contribution in [3.05, 3.63) is 0 Å². The zero-order valence-corrected chi connectivity index (χ0v) is 10.8. The number of likely N-dealkylation sites (N-methyl/N-ethyl adjacent to an activating group) is 1. The second-order valence-corrected chi connectivity index (χ2v) is 5.15. The van der Waals surface area contributed by atoms with Crippen LogP contribution < -0.4 is 5.32 Å².